The summed E-state index contributed by atoms with van der Waals surface area (Å²) in [5.74, 6) is 0. The van der Waals surface area contributed by atoms with Crippen LogP contribution in [0.15, 0.2) is 29.2 Å². The number of aliphatic hydroxyl groups is 1. The number of anilines is 1. The normalized spacial score (nSPS) is 12.3. The molecular formula is C10H14F2N2O3S. The summed E-state index contributed by atoms with van der Waals surface area (Å²) in [6.45, 7) is -1.92. The predicted octanol–water partition coefficient (Wildman–Crippen LogP) is 0.517. The third-order valence-electron chi connectivity index (χ3n) is 2.23. The molecule has 0 saturated heterocycles. The van der Waals surface area contributed by atoms with E-state index in [-0.39, 0.29) is 10.6 Å². The first-order valence-electron chi connectivity index (χ1n) is 5.13. The van der Waals surface area contributed by atoms with Gasteiger partial charge in [-0.2, -0.15) is 4.31 Å². The van der Waals surface area contributed by atoms with Crippen molar-refractivity contribution in [3.05, 3.63) is 24.3 Å². The molecular weight excluding hydrogens is 266 g/mol. The molecule has 8 heteroatoms. The number of hydrogen-bond acceptors (Lipinski definition) is 4. The van der Waals surface area contributed by atoms with Crippen LogP contribution < -0.4 is 5.73 Å². The van der Waals surface area contributed by atoms with Crippen molar-refractivity contribution in [3.63, 3.8) is 0 Å². The lowest BCUT2D eigenvalue weighted by atomic mass is 10.3. The zero-order chi connectivity index (χ0) is 13.8. The van der Waals surface area contributed by atoms with Crippen LogP contribution in [0.3, 0.4) is 0 Å². The van der Waals surface area contributed by atoms with Gasteiger partial charge in [-0.3, -0.25) is 0 Å². The lowest BCUT2D eigenvalue weighted by molar-refractivity contribution is 0.113. The van der Waals surface area contributed by atoms with E-state index in [0.29, 0.717) is 4.31 Å². The number of hydrogen-bond donors (Lipinski definition) is 2. The third kappa shape index (κ3) is 3.37. The van der Waals surface area contributed by atoms with Gasteiger partial charge in [-0.15, -0.1) is 0 Å². The number of para-hydroxylation sites is 1. The molecule has 0 aliphatic carbocycles. The van der Waals surface area contributed by atoms with Crippen molar-refractivity contribution in [3.8, 4) is 0 Å². The number of halogens is 2. The SMILES string of the molecule is Nc1ccccc1S(=O)(=O)N(CCO)CC(F)F. The van der Waals surface area contributed by atoms with E-state index in [4.69, 9.17) is 10.8 Å². The van der Waals surface area contributed by atoms with Crippen molar-refractivity contribution >= 4 is 15.7 Å². The Balaban J connectivity index is 3.13. The first-order chi connectivity index (χ1) is 8.39. The molecule has 102 valence electrons. The highest BCUT2D eigenvalue weighted by Gasteiger charge is 2.28. The number of alkyl halides is 2. The second kappa shape index (κ2) is 6.07. The van der Waals surface area contributed by atoms with Crippen LogP contribution in [-0.2, 0) is 10.0 Å². The van der Waals surface area contributed by atoms with Crippen molar-refractivity contribution in [2.24, 2.45) is 0 Å². The highest BCUT2D eigenvalue weighted by atomic mass is 32.2. The van der Waals surface area contributed by atoms with Crippen molar-refractivity contribution in [2.45, 2.75) is 11.3 Å². The maximum absolute atomic E-state index is 12.3. The maximum atomic E-state index is 12.3. The maximum Gasteiger partial charge on any atom is 0.252 e. The van der Waals surface area contributed by atoms with Crippen LogP contribution in [-0.4, -0.2) is 44.0 Å². The van der Waals surface area contributed by atoms with Gasteiger partial charge in [-0.25, -0.2) is 17.2 Å². The minimum atomic E-state index is -4.12. The Morgan fingerprint density at radius 1 is 1.33 bits per heavy atom. The van der Waals surface area contributed by atoms with Crippen molar-refractivity contribution in [2.75, 3.05) is 25.4 Å². The Morgan fingerprint density at radius 2 is 1.94 bits per heavy atom. The summed E-state index contributed by atoms with van der Waals surface area (Å²) in [5, 5.41) is 8.75. The van der Waals surface area contributed by atoms with Crippen molar-refractivity contribution in [1.82, 2.24) is 4.31 Å². The number of aliphatic hydroxyl groups excluding tert-OH is 1. The zero-order valence-electron chi connectivity index (χ0n) is 9.46. The van der Waals surface area contributed by atoms with Gasteiger partial charge >= 0.3 is 0 Å². The largest absolute Gasteiger partial charge is 0.398 e. The summed E-state index contributed by atoms with van der Waals surface area (Å²) in [6.07, 6.45) is -2.82. The molecule has 0 radical (unpaired) electrons. The van der Waals surface area contributed by atoms with E-state index < -0.39 is 36.1 Å². The van der Waals surface area contributed by atoms with E-state index in [2.05, 4.69) is 0 Å². The Kier molecular flexibility index (Phi) is 5.00. The molecule has 0 aromatic heterocycles. The highest BCUT2D eigenvalue weighted by molar-refractivity contribution is 7.89. The van der Waals surface area contributed by atoms with Crippen LogP contribution in [0, 0.1) is 0 Å². The minimum absolute atomic E-state index is 0.0188. The summed E-state index contributed by atoms with van der Waals surface area (Å²) in [4.78, 5) is -0.237. The standard InChI is InChI=1S/C10H14F2N2O3S/c11-10(12)7-14(5-6-15)18(16,17)9-4-2-1-3-8(9)13/h1-4,10,15H,5-7,13H2. The van der Waals surface area contributed by atoms with E-state index in [1.807, 2.05) is 0 Å². The van der Waals surface area contributed by atoms with Gasteiger partial charge in [0, 0.05) is 6.54 Å². The van der Waals surface area contributed by atoms with E-state index in [1.165, 1.54) is 24.3 Å². The van der Waals surface area contributed by atoms with Gasteiger partial charge in [-0.05, 0) is 12.1 Å². The van der Waals surface area contributed by atoms with Gasteiger partial charge in [0.2, 0.25) is 10.0 Å². The number of nitrogens with two attached hydrogens (primary N) is 1. The Hall–Kier alpha value is -1.25. The molecule has 1 rings (SSSR count). The minimum Gasteiger partial charge on any atom is -0.398 e. The molecule has 0 atom stereocenters. The van der Waals surface area contributed by atoms with Crippen LogP contribution in [0.1, 0.15) is 0 Å². The molecule has 1 aromatic carbocycles. The predicted molar refractivity (Wildman–Crippen MR) is 62.7 cm³/mol. The van der Waals surface area contributed by atoms with Gasteiger partial charge in [0.1, 0.15) is 4.90 Å². The highest BCUT2D eigenvalue weighted by Crippen LogP contribution is 2.22. The first kappa shape index (κ1) is 14.8. The lowest BCUT2D eigenvalue weighted by Gasteiger charge is -2.21. The first-order valence-corrected chi connectivity index (χ1v) is 6.57. The van der Waals surface area contributed by atoms with E-state index in [0.717, 1.165) is 0 Å². The molecule has 0 heterocycles. The van der Waals surface area contributed by atoms with Gasteiger partial charge in [0.05, 0.1) is 18.8 Å². The molecule has 0 unspecified atom stereocenters. The quantitative estimate of drug-likeness (QED) is 0.744. The van der Waals surface area contributed by atoms with Crippen LogP contribution in [0.25, 0.3) is 0 Å². The van der Waals surface area contributed by atoms with Gasteiger partial charge in [-0.1, -0.05) is 12.1 Å². The van der Waals surface area contributed by atoms with Crippen LogP contribution >= 0.6 is 0 Å². The monoisotopic (exact) mass is 280 g/mol. The molecule has 18 heavy (non-hydrogen) atoms. The summed E-state index contributed by atoms with van der Waals surface area (Å²) in [5.41, 5.74) is 5.50. The van der Waals surface area contributed by atoms with E-state index in [9.17, 15) is 17.2 Å². The fourth-order valence-corrected chi connectivity index (χ4v) is 2.96. The second-order valence-corrected chi connectivity index (χ2v) is 5.42. The fourth-order valence-electron chi connectivity index (χ4n) is 1.43. The molecule has 0 bridgehead atoms. The molecule has 1 aromatic rings. The number of sulfonamides is 1. The summed E-state index contributed by atoms with van der Waals surface area (Å²) in [6, 6.07) is 5.59. The molecule has 0 fully saturated rings. The van der Waals surface area contributed by atoms with E-state index >= 15 is 0 Å². The van der Waals surface area contributed by atoms with Crippen LogP contribution in [0.4, 0.5) is 14.5 Å². The number of nitrogens with zero attached hydrogens (tertiary/aromatic N) is 1. The number of rotatable bonds is 6. The zero-order valence-corrected chi connectivity index (χ0v) is 10.3. The molecule has 0 saturated carbocycles. The topological polar surface area (TPSA) is 83.6 Å². The Labute approximate surface area is 104 Å². The Morgan fingerprint density at radius 3 is 2.44 bits per heavy atom. The average Bonchev–Trinajstić information content (AvgIpc) is 2.28. The van der Waals surface area contributed by atoms with E-state index in [1.54, 1.807) is 0 Å². The summed E-state index contributed by atoms with van der Waals surface area (Å²) >= 11 is 0. The van der Waals surface area contributed by atoms with Crippen molar-refractivity contribution < 1.29 is 22.3 Å². The molecule has 0 spiro atoms. The van der Waals surface area contributed by atoms with Crippen molar-refractivity contribution in [1.29, 1.82) is 0 Å². The smallest absolute Gasteiger partial charge is 0.252 e. The molecule has 5 nitrogen and oxygen atoms in total. The van der Waals surface area contributed by atoms with Crippen LogP contribution in [0.5, 0.6) is 0 Å². The van der Waals surface area contributed by atoms with Gasteiger partial charge in [0.25, 0.3) is 6.43 Å². The van der Waals surface area contributed by atoms with Gasteiger partial charge < -0.3 is 10.8 Å². The molecule has 0 amide bonds. The molecule has 0 aliphatic heterocycles. The molecule has 0 aliphatic rings. The Bertz CT molecular complexity index is 494. The summed E-state index contributed by atoms with van der Waals surface area (Å²) < 4.78 is 49.3. The average molecular weight is 280 g/mol. The van der Waals surface area contributed by atoms with Crippen LogP contribution in [0.2, 0.25) is 0 Å². The number of nitrogen functional groups attached to an aromatic ring is 1. The summed E-state index contributed by atoms with van der Waals surface area (Å²) in [7, 11) is -4.12. The molecule has 3 N–H and O–H groups in total. The second-order valence-electron chi connectivity index (χ2n) is 3.52. The third-order valence-corrected chi connectivity index (χ3v) is 4.17. The van der Waals surface area contributed by atoms with Gasteiger partial charge in [0.15, 0.2) is 0 Å². The number of benzene rings is 1. The lowest BCUT2D eigenvalue weighted by Crippen LogP contribution is -2.37. The fraction of sp³-hybridized carbons (Fsp3) is 0.400.